The van der Waals surface area contributed by atoms with E-state index in [1.807, 2.05) is 0 Å². The summed E-state index contributed by atoms with van der Waals surface area (Å²) in [5.74, 6) is 1.29. The molecule has 2 rings (SSSR count). The van der Waals surface area contributed by atoms with Gasteiger partial charge >= 0.3 is 0 Å². The van der Waals surface area contributed by atoms with Crippen molar-refractivity contribution in [1.82, 2.24) is 10.2 Å². The van der Waals surface area contributed by atoms with Crippen molar-refractivity contribution in [3.05, 3.63) is 35.4 Å². The maximum atomic E-state index is 5.90. The van der Waals surface area contributed by atoms with E-state index in [1.165, 1.54) is 30.4 Å². The third kappa shape index (κ3) is 7.83. The Morgan fingerprint density at radius 2 is 1.92 bits per heavy atom. The van der Waals surface area contributed by atoms with Crippen LogP contribution in [0.25, 0.3) is 0 Å². The van der Waals surface area contributed by atoms with Crippen LogP contribution in [0.15, 0.2) is 29.3 Å². The summed E-state index contributed by atoms with van der Waals surface area (Å²) in [5.41, 5.74) is 8.64. The van der Waals surface area contributed by atoms with Crippen molar-refractivity contribution in [2.45, 2.75) is 46.1 Å². The Labute approximate surface area is 164 Å². The molecule has 1 heterocycles. The molecule has 0 saturated carbocycles. The minimum atomic E-state index is 0. The number of rotatable bonds is 7. The number of halogens is 1. The maximum Gasteiger partial charge on any atom is 0.188 e. The number of nitrogens with one attached hydrogen (secondary N) is 1. The van der Waals surface area contributed by atoms with Gasteiger partial charge in [-0.3, -0.25) is 9.89 Å². The normalized spacial score (nSPS) is 16.7. The van der Waals surface area contributed by atoms with Crippen molar-refractivity contribution in [3.63, 3.8) is 0 Å². The predicted molar refractivity (Wildman–Crippen MR) is 114 cm³/mol. The molecule has 0 spiro atoms. The second kappa shape index (κ2) is 11.7. The molecule has 5 heteroatoms. The van der Waals surface area contributed by atoms with Gasteiger partial charge in [0.05, 0.1) is 0 Å². The number of nitrogens with zero attached hydrogens (tertiary/aromatic N) is 2. The molecule has 3 N–H and O–H groups in total. The minimum Gasteiger partial charge on any atom is -0.370 e. The predicted octanol–water partition coefficient (Wildman–Crippen LogP) is 3.53. The summed E-state index contributed by atoms with van der Waals surface area (Å²) in [5, 5.41) is 3.19. The zero-order chi connectivity index (χ0) is 16.5. The molecular weight excluding hydrogens is 411 g/mol. The van der Waals surface area contributed by atoms with E-state index in [4.69, 9.17) is 5.73 Å². The molecule has 136 valence electrons. The fourth-order valence-corrected chi connectivity index (χ4v) is 2.96. The van der Waals surface area contributed by atoms with Crippen molar-refractivity contribution in [3.8, 4) is 0 Å². The van der Waals surface area contributed by atoms with E-state index in [0.717, 1.165) is 39.1 Å². The first-order chi connectivity index (χ1) is 11.2. The molecule has 1 aliphatic heterocycles. The molecule has 0 unspecified atom stereocenters. The Bertz CT molecular complexity index is 479. The summed E-state index contributed by atoms with van der Waals surface area (Å²) in [7, 11) is 0. The molecule has 24 heavy (non-hydrogen) atoms. The van der Waals surface area contributed by atoms with E-state index < -0.39 is 0 Å². The van der Waals surface area contributed by atoms with E-state index in [9.17, 15) is 0 Å². The number of guanidine groups is 1. The number of hydrogen-bond acceptors (Lipinski definition) is 2. The van der Waals surface area contributed by atoms with Crippen LogP contribution in [0.3, 0.4) is 0 Å². The Morgan fingerprint density at radius 3 is 2.54 bits per heavy atom. The third-order valence-electron chi connectivity index (χ3n) is 4.59. The first kappa shape index (κ1) is 21.2. The van der Waals surface area contributed by atoms with Gasteiger partial charge in [0, 0.05) is 19.6 Å². The van der Waals surface area contributed by atoms with Gasteiger partial charge in [0.15, 0.2) is 5.96 Å². The molecule has 1 aromatic carbocycles. The van der Waals surface area contributed by atoms with Gasteiger partial charge in [0.2, 0.25) is 0 Å². The van der Waals surface area contributed by atoms with Crippen molar-refractivity contribution in [1.29, 1.82) is 0 Å². The quantitative estimate of drug-likeness (QED) is 0.293. The number of nitrogens with two attached hydrogens (primary N) is 1. The van der Waals surface area contributed by atoms with Crippen LogP contribution in [0.1, 0.15) is 43.7 Å². The highest BCUT2D eigenvalue weighted by Crippen LogP contribution is 2.19. The monoisotopic (exact) mass is 444 g/mol. The summed E-state index contributed by atoms with van der Waals surface area (Å²) in [6.45, 7) is 9.51. The highest BCUT2D eigenvalue weighted by Gasteiger charge is 2.18. The standard InChI is InChI=1S/C19H32N4.HI/c1-3-4-11-21-19(20)22-14-17-9-12-23(13-10-17)15-18-7-5-16(2)6-8-18;/h5-8,17H,3-4,9-15H2,1-2H3,(H3,20,21,22);1H. The van der Waals surface area contributed by atoms with Crippen LogP contribution in [-0.4, -0.2) is 37.0 Å². The minimum absolute atomic E-state index is 0. The van der Waals surface area contributed by atoms with Crippen molar-refractivity contribution >= 4 is 29.9 Å². The van der Waals surface area contributed by atoms with Crippen LogP contribution in [0.4, 0.5) is 0 Å². The number of unbranched alkanes of at least 4 members (excludes halogenated alkanes) is 1. The summed E-state index contributed by atoms with van der Waals surface area (Å²) >= 11 is 0. The zero-order valence-corrected chi connectivity index (χ0v) is 17.5. The van der Waals surface area contributed by atoms with Gasteiger partial charge in [0.1, 0.15) is 0 Å². The summed E-state index contributed by atoms with van der Waals surface area (Å²) in [4.78, 5) is 7.05. The van der Waals surface area contributed by atoms with Crippen LogP contribution in [0, 0.1) is 12.8 Å². The first-order valence-electron chi connectivity index (χ1n) is 8.99. The third-order valence-corrected chi connectivity index (χ3v) is 4.59. The summed E-state index contributed by atoms with van der Waals surface area (Å²) in [6.07, 6.45) is 4.77. The van der Waals surface area contributed by atoms with Gasteiger partial charge in [-0.2, -0.15) is 0 Å². The van der Waals surface area contributed by atoms with Crippen LogP contribution in [-0.2, 0) is 6.54 Å². The summed E-state index contributed by atoms with van der Waals surface area (Å²) in [6, 6.07) is 8.89. The Hall–Kier alpha value is -0.820. The number of benzene rings is 1. The molecule has 0 amide bonds. The van der Waals surface area contributed by atoms with E-state index in [-0.39, 0.29) is 24.0 Å². The number of likely N-dealkylation sites (tertiary alicyclic amines) is 1. The van der Waals surface area contributed by atoms with Gasteiger partial charge in [-0.15, -0.1) is 24.0 Å². The Kier molecular flexibility index (Phi) is 10.3. The van der Waals surface area contributed by atoms with E-state index in [1.54, 1.807) is 0 Å². The molecular formula is C19H33IN4. The topological polar surface area (TPSA) is 53.6 Å². The fraction of sp³-hybridized carbons (Fsp3) is 0.632. The zero-order valence-electron chi connectivity index (χ0n) is 15.1. The van der Waals surface area contributed by atoms with Crippen molar-refractivity contribution in [2.24, 2.45) is 16.6 Å². The molecule has 1 aliphatic rings. The largest absolute Gasteiger partial charge is 0.370 e. The van der Waals surface area contributed by atoms with E-state index in [2.05, 4.69) is 53.3 Å². The van der Waals surface area contributed by atoms with E-state index >= 15 is 0 Å². The average molecular weight is 444 g/mol. The lowest BCUT2D eigenvalue weighted by Gasteiger charge is -2.31. The average Bonchev–Trinajstić information content (AvgIpc) is 2.57. The molecule has 1 aromatic rings. The van der Waals surface area contributed by atoms with Crippen LogP contribution in [0.5, 0.6) is 0 Å². The van der Waals surface area contributed by atoms with Crippen LogP contribution < -0.4 is 11.1 Å². The second-order valence-electron chi connectivity index (χ2n) is 6.71. The Morgan fingerprint density at radius 1 is 1.25 bits per heavy atom. The Balaban J connectivity index is 0.00000288. The lowest BCUT2D eigenvalue weighted by molar-refractivity contribution is 0.180. The number of aliphatic imine (C=N–C) groups is 1. The number of aryl methyl sites for hydroxylation is 1. The van der Waals surface area contributed by atoms with Crippen LogP contribution >= 0.6 is 24.0 Å². The van der Waals surface area contributed by atoms with Gasteiger partial charge in [-0.05, 0) is 50.8 Å². The van der Waals surface area contributed by atoms with E-state index in [0.29, 0.717) is 11.9 Å². The van der Waals surface area contributed by atoms with Gasteiger partial charge < -0.3 is 11.1 Å². The molecule has 1 saturated heterocycles. The molecule has 0 atom stereocenters. The van der Waals surface area contributed by atoms with Gasteiger partial charge in [0.25, 0.3) is 0 Å². The molecule has 0 radical (unpaired) electrons. The number of hydrogen-bond donors (Lipinski definition) is 2. The second-order valence-corrected chi connectivity index (χ2v) is 6.71. The lowest BCUT2D eigenvalue weighted by atomic mass is 9.96. The SMILES string of the molecule is CCCCNC(N)=NCC1CCN(Cc2ccc(C)cc2)CC1.I. The van der Waals surface area contributed by atoms with Crippen LogP contribution in [0.2, 0.25) is 0 Å². The fourth-order valence-electron chi connectivity index (χ4n) is 2.96. The molecule has 0 aromatic heterocycles. The maximum absolute atomic E-state index is 5.90. The van der Waals surface area contributed by atoms with Crippen molar-refractivity contribution in [2.75, 3.05) is 26.2 Å². The number of piperidine rings is 1. The lowest BCUT2D eigenvalue weighted by Crippen LogP contribution is -2.36. The molecule has 1 fully saturated rings. The van der Waals surface area contributed by atoms with Gasteiger partial charge in [-0.25, -0.2) is 0 Å². The van der Waals surface area contributed by atoms with Gasteiger partial charge in [-0.1, -0.05) is 43.2 Å². The highest BCUT2D eigenvalue weighted by atomic mass is 127. The smallest absolute Gasteiger partial charge is 0.188 e. The molecule has 4 nitrogen and oxygen atoms in total. The highest BCUT2D eigenvalue weighted by molar-refractivity contribution is 14.0. The molecule has 0 bridgehead atoms. The van der Waals surface area contributed by atoms with Crippen molar-refractivity contribution < 1.29 is 0 Å². The molecule has 0 aliphatic carbocycles. The summed E-state index contributed by atoms with van der Waals surface area (Å²) < 4.78 is 0. The first-order valence-corrected chi connectivity index (χ1v) is 8.99.